The average Bonchev–Trinajstić information content (AvgIpc) is 3.38. The number of hydrogen-bond donors (Lipinski definition) is 2. The van der Waals surface area contributed by atoms with Gasteiger partial charge in [0.25, 0.3) is 0 Å². The van der Waals surface area contributed by atoms with E-state index in [1.165, 1.54) is 11.1 Å². The largest absolute Gasteiger partial charge is 0.508 e. The number of benzene rings is 1. The Kier molecular flexibility index (Phi) is 5.14. The fraction of sp³-hybridized carbons (Fsp3) is 0.519. The molecule has 6 atom stereocenters. The Morgan fingerprint density at radius 1 is 1.23 bits per heavy atom. The van der Waals surface area contributed by atoms with Crippen LogP contribution in [0.5, 0.6) is 5.75 Å². The highest BCUT2D eigenvalue weighted by Gasteiger charge is 2.60. The van der Waals surface area contributed by atoms with Gasteiger partial charge >= 0.3 is 0 Å². The van der Waals surface area contributed by atoms with Crippen LogP contribution < -0.4 is 0 Å². The molecule has 1 unspecified atom stereocenters. The van der Waals surface area contributed by atoms with E-state index >= 15 is 0 Å². The van der Waals surface area contributed by atoms with Gasteiger partial charge in [-0.25, -0.2) is 0 Å². The van der Waals surface area contributed by atoms with Crippen LogP contribution in [0.1, 0.15) is 67.9 Å². The van der Waals surface area contributed by atoms with Crippen LogP contribution in [0.2, 0.25) is 0 Å². The first-order valence-electron chi connectivity index (χ1n) is 11.6. The Balaban J connectivity index is 1.39. The minimum absolute atomic E-state index is 0.00681. The summed E-state index contributed by atoms with van der Waals surface area (Å²) in [4.78, 5) is 14.1. The van der Waals surface area contributed by atoms with Gasteiger partial charge < -0.3 is 10.2 Å². The second-order valence-electron chi connectivity index (χ2n) is 10.3. The van der Waals surface area contributed by atoms with Gasteiger partial charge in [-0.15, -0.1) is 11.3 Å². The topological polar surface area (TPSA) is 57.5 Å². The maximum absolute atomic E-state index is 13.1. The van der Waals surface area contributed by atoms with Crippen LogP contribution in [-0.4, -0.2) is 21.6 Å². The molecule has 5 rings (SSSR count). The quantitative estimate of drug-likeness (QED) is 0.582. The van der Waals surface area contributed by atoms with Gasteiger partial charge in [-0.2, -0.15) is 0 Å². The van der Waals surface area contributed by atoms with E-state index in [0.717, 1.165) is 43.4 Å². The number of ketones is 1. The number of phenolic OH excluding ortho intramolecular Hbond substituents is 1. The molecular weight excluding hydrogens is 404 g/mol. The Bertz CT molecular complexity index is 1010. The molecule has 2 aromatic rings. The molecule has 3 aliphatic rings. The average molecular weight is 437 g/mol. The predicted molar refractivity (Wildman–Crippen MR) is 125 cm³/mol. The molecule has 0 radical (unpaired) electrons. The summed E-state index contributed by atoms with van der Waals surface area (Å²) in [6.07, 6.45) is 9.72. The summed E-state index contributed by atoms with van der Waals surface area (Å²) in [5.41, 5.74) is 1.38. The number of hydrogen-bond acceptors (Lipinski definition) is 4. The molecule has 0 amide bonds. The Morgan fingerprint density at radius 2 is 2.06 bits per heavy atom. The molecular formula is C27H32O3S. The zero-order valence-electron chi connectivity index (χ0n) is 18.4. The molecule has 3 nitrogen and oxygen atoms in total. The molecule has 164 valence electrons. The fourth-order valence-electron chi connectivity index (χ4n) is 7.38. The second kappa shape index (κ2) is 7.60. The van der Waals surface area contributed by atoms with Gasteiger partial charge in [0.15, 0.2) is 5.78 Å². The number of phenols is 1. The molecule has 2 fully saturated rings. The van der Waals surface area contributed by atoms with Gasteiger partial charge in [-0.3, -0.25) is 4.79 Å². The highest BCUT2D eigenvalue weighted by molar-refractivity contribution is 7.10. The van der Waals surface area contributed by atoms with E-state index in [9.17, 15) is 15.0 Å². The lowest BCUT2D eigenvalue weighted by atomic mass is 9.52. The van der Waals surface area contributed by atoms with E-state index in [-0.39, 0.29) is 17.1 Å². The van der Waals surface area contributed by atoms with Gasteiger partial charge in [0.1, 0.15) is 11.4 Å². The molecule has 1 aromatic carbocycles. The van der Waals surface area contributed by atoms with E-state index in [1.807, 2.05) is 35.7 Å². The fourth-order valence-corrected chi connectivity index (χ4v) is 7.99. The van der Waals surface area contributed by atoms with Crippen molar-refractivity contribution in [1.29, 1.82) is 0 Å². The van der Waals surface area contributed by atoms with Gasteiger partial charge in [-0.1, -0.05) is 19.1 Å². The molecule has 0 bridgehead atoms. The summed E-state index contributed by atoms with van der Waals surface area (Å²) in [5.74, 6) is 1.88. The summed E-state index contributed by atoms with van der Waals surface area (Å²) >= 11 is 1.60. The third-order valence-electron chi connectivity index (χ3n) is 8.83. The summed E-state index contributed by atoms with van der Waals surface area (Å²) in [5, 5.41) is 23.4. The Hall–Kier alpha value is -1.91. The van der Waals surface area contributed by atoms with Crippen LogP contribution in [-0.2, 0) is 11.2 Å². The van der Waals surface area contributed by atoms with Crippen LogP contribution >= 0.6 is 11.3 Å². The number of fused-ring (bicyclic) bond motifs is 5. The van der Waals surface area contributed by atoms with Gasteiger partial charge in [-0.05, 0) is 115 Å². The summed E-state index contributed by atoms with van der Waals surface area (Å²) in [6.45, 7) is 4.08. The monoisotopic (exact) mass is 436 g/mol. The zero-order valence-corrected chi connectivity index (χ0v) is 19.2. The van der Waals surface area contributed by atoms with Crippen molar-refractivity contribution in [3.63, 3.8) is 0 Å². The number of carbonyl (C=O) groups is 1. The Morgan fingerprint density at radius 3 is 2.84 bits per heavy atom. The number of thiophene rings is 1. The molecule has 2 saturated carbocycles. The van der Waals surface area contributed by atoms with Crippen LogP contribution in [0.3, 0.4) is 0 Å². The van der Waals surface area contributed by atoms with Crippen molar-refractivity contribution in [3.05, 3.63) is 57.8 Å². The standard InChI is InChI=1S/C27H32O3S/c1-26-14-13-21-20-9-6-18(28)16-17(20)5-8-22(21)23(26)10-11-24(26)27(2,30)25(29)12-7-19-4-3-15-31-19/h3-4,6-7,9,12,15-16,21-24,28,30H,5,8,10-11,13-14H2,1-2H3/b12-7+/t21-,22-,23+,24?,26+,27-/m1/s1. The van der Waals surface area contributed by atoms with Gasteiger partial charge in [0.2, 0.25) is 0 Å². The minimum atomic E-state index is -1.33. The van der Waals surface area contributed by atoms with E-state index in [1.54, 1.807) is 24.3 Å². The maximum Gasteiger partial charge on any atom is 0.187 e. The lowest BCUT2D eigenvalue weighted by Crippen LogP contribution is -2.51. The predicted octanol–water partition coefficient (Wildman–Crippen LogP) is 5.96. The first-order chi connectivity index (χ1) is 14.8. The number of aryl methyl sites for hydroxylation is 1. The highest BCUT2D eigenvalue weighted by atomic mass is 32.1. The van der Waals surface area contributed by atoms with Crippen molar-refractivity contribution in [2.75, 3.05) is 0 Å². The van der Waals surface area contributed by atoms with Crippen molar-refractivity contribution in [2.24, 2.45) is 23.2 Å². The summed E-state index contributed by atoms with van der Waals surface area (Å²) in [6, 6.07) is 9.86. The molecule has 2 N–H and O–H groups in total. The number of rotatable bonds is 4. The van der Waals surface area contributed by atoms with Gasteiger partial charge in [0.05, 0.1) is 0 Å². The Labute approximate surface area is 188 Å². The van der Waals surface area contributed by atoms with Gasteiger partial charge in [0, 0.05) is 10.8 Å². The van der Waals surface area contributed by atoms with Crippen molar-refractivity contribution < 1.29 is 15.0 Å². The normalized spacial score (nSPS) is 34.0. The van der Waals surface area contributed by atoms with E-state index in [0.29, 0.717) is 23.5 Å². The molecule has 3 aliphatic carbocycles. The number of carbonyl (C=O) groups excluding carboxylic acids is 1. The van der Waals surface area contributed by atoms with Crippen molar-refractivity contribution in [1.82, 2.24) is 0 Å². The van der Waals surface area contributed by atoms with E-state index < -0.39 is 5.60 Å². The zero-order chi connectivity index (χ0) is 21.8. The SMILES string of the molecule is C[C@](O)(C(=O)/C=C/c1cccs1)C1CC[C@H]2[C@@H]3CCc4cc(O)ccc4[C@H]3CC[C@]12C. The lowest BCUT2D eigenvalue weighted by molar-refractivity contribution is -0.144. The van der Waals surface area contributed by atoms with E-state index in [2.05, 4.69) is 13.0 Å². The molecule has 0 aliphatic heterocycles. The van der Waals surface area contributed by atoms with Crippen LogP contribution in [0.25, 0.3) is 6.08 Å². The minimum Gasteiger partial charge on any atom is -0.508 e. The summed E-state index contributed by atoms with van der Waals surface area (Å²) < 4.78 is 0. The molecule has 1 heterocycles. The highest BCUT2D eigenvalue weighted by Crippen LogP contribution is 2.64. The third kappa shape index (κ3) is 3.39. The van der Waals surface area contributed by atoms with Crippen LogP contribution in [0.4, 0.5) is 0 Å². The molecule has 31 heavy (non-hydrogen) atoms. The summed E-state index contributed by atoms with van der Waals surface area (Å²) in [7, 11) is 0. The van der Waals surface area contributed by atoms with Crippen LogP contribution in [0, 0.1) is 23.2 Å². The maximum atomic E-state index is 13.1. The first kappa shape index (κ1) is 21.0. The van der Waals surface area contributed by atoms with Crippen molar-refractivity contribution >= 4 is 23.2 Å². The number of aliphatic hydroxyl groups is 1. The first-order valence-corrected chi connectivity index (χ1v) is 12.5. The smallest absolute Gasteiger partial charge is 0.187 e. The molecule has 0 spiro atoms. The number of aromatic hydroxyl groups is 1. The third-order valence-corrected chi connectivity index (χ3v) is 9.67. The van der Waals surface area contributed by atoms with Crippen LogP contribution in [0.15, 0.2) is 41.8 Å². The van der Waals surface area contributed by atoms with Crippen molar-refractivity contribution in [2.45, 2.75) is 63.9 Å². The molecule has 4 heteroatoms. The second-order valence-corrected chi connectivity index (χ2v) is 11.3. The van der Waals surface area contributed by atoms with Crippen molar-refractivity contribution in [3.8, 4) is 5.75 Å². The molecule has 1 aromatic heterocycles. The lowest BCUT2D eigenvalue weighted by Gasteiger charge is -2.52. The molecule has 0 saturated heterocycles. The van der Waals surface area contributed by atoms with E-state index in [4.69, 9.17) is 0 Å².